The second kappa shape index (κ2) is 3.31. The molecule has 0 saturated carbocycles. The van der Waals surface area contributed by atoms with Crippen molar-refractivity contribution in [1.82, 2.24) is 0 Å². The van der Waals surface area contributed by atoms with Crippen LogP contribution in [0.15, 0.2) is 52.3 Å². The molecule has 1 aliphatic heterocycles. The first-order chi connectivity index (χ1) is 7.34. The molecule has 2 heteroatoms. The summed E-state index contributed by atoms with van der Waals surface area (Å²) in [6.07, 6.45) is 0. The van der Waals surface area contributed by atoms with E-state index < -0.39 is 0 Å². The molecular weight excluding hydrogens is 204 g/mol. The first-order valence-corrected chi connectivity index (χ1v) is 5.70. The van der Waals surface area contributed by atoms with E-state index in [0.717, 1.165) is 11.5 Å². The third kappa shape index (κ3) is 1.41. The lowest BCUT2D eigenvalue weighted by molar-refractivity contribution is 0.453. The van der Waals surface area contributed by atoms with Crippen LogP contribution in [0.2, 0.25) is 0 Å². The molecule has 0 bridgehead atoms. The number of ether oxygens (including phenoxy) is 1. The van der Waals surface area contributed by atoms with Crippen molar-refractivity contribution < 1.29 is 4.74 Å². The lowest BCUT2D eigenvalue weighted by atomic mass is 10.2. The van der Waals surface area contributed by atoms with Crippen LogP contribution in [0.3, 0.4) is 0 Å². The zero-order valence-electron chi connectivity index (χ0n) is 8.36. The van der Waals surface area contributed by atoms with Gasteiger partial charge in [0.1, 0.15) is 11.5 Å². The van der Waals surface area contributed by atoms with Crippen molar-refractivity contribution in [3.8, 4) is 11.5 Å². The van der Waals surface area contributed by atoms with Gasteiger partial charge in [0, 0.05) is 0 Å². The maximum absolute atomic E-state index is 5.84. The topological polar surface area (TPSA) is 9.23 Å². The van der Waals surface area contributed by atoms with Crippen molar-refractivity contribution >= 4 is 11.8 Å². The number of hydrogen-bond donors (Lipinski definition) is 0. The SMILES string of the molecule is Cc1cccc2c1Sc1ccccc1O2. The summed E-state index contributed by atoms with van der Waals surface area (Å²) in [6.45, 7) is 2.11. The first-order valence-electron chi connectivity index (χ1n) is 4.89. The molecule has 0 atom stereocenters. The van der Waals surface area contributed by atoms with Crippen LogP contribution < -0.4 is 4.74 Å². The molecule has 0 saturated heterocycles. The van der Waals surface area contributed by atoms with Crippen LogP contribution in [-0.4, -0.2) is 0 Å². The second-order valence-corrected chi connectivity index (χ2v) is 4.61. The van der Waals surface area contributed by atoms with Crippen LogP contribution in [0.4, 0.5) is 0 Å². The van der Waals surface area contributed by atoms with E-state index in [2.05, 4.69) is 19.1 Å². The van der Waals surface area contributed by atoms with E-state index >= 15 is 0 Å². The average Bonchev–Trinajstić information content (AvgIpc) is 2.27. The van der Waals surface area contributed by atoms with E-state index in [1.165, 1.54) is 15.4 Å². The van der Waals surface area contributed by atoms with Gasteiger partial charge in [0.05, 0.1) is 9.79 Å². The van der Waals surface area contributed by atoms with E-state index in [0.29, 0.717) is 0 Å². The smallest absolute Gasteiger partial charge is 0.141 e. The highest BCUT2D eigenvalue weighted by Crippen LogP contribution is 2.47. The molecule has 2 aromatic carbocycles. The number of hydrogen-bond acceptors (Lipinski definition) is 2. The van der Waals surface area contributed by atoms with Gasteiger partial charge in [0.15, 0.2) is 0 Å². The monoisotopic (exact) mass is 214 g/mol. The van der Waals surface area contributed by atoms with Crippen LogP contribution in [-0.2, 0) is 0 Å². The number of para-hydroxylation sites is 1. The summed E-state index contributed by atoms with van der Waals surface area (Å²) < 4.78 is 5.84. The summed E-state index contributed by atoms with van der Waals surface area (Å²) in [6, 6.07) is 14.3. The predicted molar refractivity (Wildman–Crippen MR) is 61.8 cm³/mol. The maximum atomic E-state index is 5.84. The first kappa shape index (κ1) is 8.86. The van der Waals surface area contributed by atoms with Gasteiger partial charge in [0.2, 0.25) is 0 Å². The van der Waals surface area contributed by atoms with Crippen molar-refractivity contribution in [2.75, 3.05) is 0 Å². The van der Waals surface area contributed by atoms with E-state index in [1.54, 1.807) is 11.8 Å². The van der Waals surface area contributed by atoms with Crippen LogP contribution >= 0.6 is 11.8 Å². The Kier molecular flexibility index (Phi) is 1.96. The van der Waals surface area contributed by atoms with Gasteiger partial charge in [-0.15, -0.1) is 0 Å². The summed E-state index contributed by atoms with van der Waals surface area (Å²) in [5.74, 6) is 1.93. The van der Waals surface area contributed by atoms with Gasteiger partial charge in [-0.25, -0.2) is 0 Å². The molecule has 0 fully saturated rings. The minimum atomic E-state index is 0.959. The van der Waals surface area contributed by atoms with Crippen molar-refractivity contribution in [3.05, 3.63) is 48.0 Å². The third-order valence-electron chi connectivity index (χ3n) is 2.46. The van der Waals surface area contributed by atoms with Crippen LogP contribution in [0.5, 0.6) is 11.5 Å². The highest BCUT2D eigenvalue weighted by Gasteiger charge is 2.17. The van der Waals surface area contributed by atoms with Crippen molar-refractivity contribution in [2.24, 2.45) is 0 Å². The minimum Gasteiger partial charge on any atom is -0.455 e. The molecule has 0 aliphatic carbocycles. The molecule has 0 aromatic heterocycles. The van der Waals surface area contributed by atoms with Gasteiger partial charge in [-0.2, -0.15) is 0 Å². The lowest BCUT2D eigenvalue weighted by Crippen LogP contribution is -1.95. The summed E-state index contributed by atoms with van der Waals surface area (Å²) in [5.41, 5.74) is 1.27. The molecule has 0 amide bonds. The predicted octanol–water partition coefficient (Wildman–Crippen LogP) is 4.25. The molecule has 15 heavy (non-hydrogen) atoms. The number of aryl methyl sites for hydroxylation is 1. The number of rotatable bonds is 0. The Hall–Kier alpha value is -1.41. The molecule has 3 rings (SSSR count). The standard InChI is InChI=1S/C13H10OS/c1-9-5-4-7-11-13(9)15-12-8-3-2-6-10(12)14-11/h2-8H,1H3. The molecular formula is C13H10OS. The fourth-order valence-electron chi connectivity index (χ4n) is 1.68. The van der Waals surface area contributed by atoms with Crippen LogP contribution in [0.25, 0.3) is 0 Å². The highest BCUT2D eigenvalue weighted by molar-refractivity contribution is 7.99. The Morgan fingerprint density at radius 3 is 2.67 bits per heavy atom. The Bertz CT molecular complexity index is 520. The van der Waals surface area contributed by atoms with Gasteiger partial charge >= 0.3 is 0 Å². The normalized spacial score (nSPS) is 12.6. The lowest BCUT2D eigenvalue weighted by Gasteiger charge is -2.20. The van der Waals surface area contributed by atoms with E-state index in [4.69, 9.17) is 4.74 Å². The Balaban J connectivity index is 2.15. The van der Waals surface area contributed by atoms with E-state index in [-0.39, 0.29) is 0 Å². The van der Waals surface area contributed by atoms with Crippen molar-refractivity contribution in [2.45, 2.75) is 16.7 Å². The summed E-state index contributed by atoms with van der Waals surface area (Å²) in [4.78, 5) is 2.43. The number of fused-ring (bicyclic) bond motifs is 2. The molecule has 1 nitrogen and oxygen atoms in total. The second-order valence-electron chi connectivity index (χ2n) is 3.55. The fraction of sp³-hybridized carbons (Fsp3) is 0.0769. The molecule has 1 heterocycles. The average molecular weight is 214 g/mol. The zero-order valence-corrected chi connectivity index (χ0v) is 9.17. The molecule has 74 valence electrons. The van der Waals surface area contributed by atoms with E-state index in [1.807, 2.05) is 30.3 Å². The Labute approximate surface area is 93.1 Å². The summed E-state index contributed by atoms with van der Waals surface area (Å²) in [5, 5.41) is 0. The fourth-order valence-corrected chi connectivity index (χ4v) is 2.70. The van der Waals surface area contributed by atoms with Gasteiger partial charge in [0.25, 0.3) is 0 Å². The van der Waals surface area contributed by atoms with Crippen molar-refractivity contribution in [1.29, 1.82) is 0 Å². The molecule has 0 unspecified atom stereocenters. The van der Waals surface area contributed by atoms with Crippen LogP contribution in [0.1, 0.15) is 5.56 Å². The summed E-state index contributed by atoms with van der Waals surface area (Å²) >= 11 is 1.78. The maximum Gasteiger partial charge on any atom is 0.141 e. The Morgan fingerprint density at radius 2 is 1.73 bits per heavy atom. The van der Waals surface area contributed by atoms with E-state index in [9.17, 15) is 0 Å². The zero-order chi connectivity index (χ0) is 10.3. The molecule has 0 N–H and O–H groups in total. The molecule has 2 aromatic rings. The summed E-state index contributed by atoms with van der Waals surface area (Å²) in [7, 11) is 0. The quantitative estimate of drug-likeness (QED) is 0.553. The van der Waals surface area contributed by atoms with Gasteiger partial charge in [-0.05, 0) is 30.7 Å². The van der Waals surface area contributed by atoms with Gasteiger partial charge in [-0.1, -0.05) is 36.0 Å². The largest absolute Gasteiger partial charge is 0.455 e. The molecule has 0 radical (unpaired) electrons. The highest BCUT2D eigenvalue weighted by atomic mass is 32.2. The molecule has 1 aliphatic rings. The van der Waals surface area contributed by atoms with Gasteiger partial charge < -0.3 is 4.74 Å². The molecule has 0 spiro atoms. The van der Waals surface area contributed by atoms with Crippen molar-refractivity contribution in [3.63, 3.8) is 0 Å². The third-order valence-corrected chi connectivity index (χ3v) is 3.74. The van der Waals surface area contributed by atoms with Crippen LogP contribution in [0, 0.1) is 6.92 Å². The number of benzene rings is 2. The Morgan fingerprint density at radius 1 is 0.933 bits per heavy atom. The van der Waals surface area contributed by atoms with Gasteiger partial charge in [-0.3, -0.25) is 0 Å². The minimum absolute atomic E-state index is 0.959.